The number of thiazole rings is 1. The van der Waals surface area contributed by atoms with E-state index in [4.69, 9.17) is 0 Å². The highest BCUT2D eigenvalue weighted by Crippen LogP contribution is 2.32. The first-order valence-electron chi connectivity index (χ1n) is 7.62. The molecule has 3 aromatic rings. The van der Waals surface area contributed by atoms with Crippen LogP contribution in [0.25, 0.3) is 21.5 Å². The van der Waals surface area contributed by atoms with Crippen LogP contribution in [0.2, 0.25) is 0 Å². The highest BCUT2D eigenvalue weighted by molar-refractivity contribution is 7.13. The SMILES string of the molecule is c1ccc2c(c1)c(-c1nccs1)cn2CN1CCCCC1. The normalized spacial score (nSPS) is 16.6. The van der Waals surface area contributed by atoms with Crippen molar-refractivity contribution in [3.05, 3.63) is 42.0 Å². The summed E-state index contributed by atoms with van der Waals surface area (Å²) in [5.41, 5.74) is 2.57. The van der Waals surface area contributed by atoms with Crippen LogP contribution in [-0.2, 0) is 6.67 Å². The Hall–Kier alpha value is -1.65. The monoisotopic (exact) mass is 297 g/mol. The zero-order valence-electron chi connectivity index (χ0n) is 12.0. The Morgan fingerprint density at radius 3 is 2.76 bits per heavy atom. The van der Waals surface area contributed by atoms with Crippen molar-refractivity contribution in [2.75, 3.05) is 13.1 Å². The van der Waals surface area contributed by atoms with Crippen LogP contribution in [-0.4, -0.2) is 27.5 Å². The minimum absolute atomic E-state index is 0.992. The second kappa shape index (κ2) is 5.62. The summed E-state index contributed by atoms with van der Waals surface area (Å²) >= 11 is 1.71. The average Bonchev–Trinajstić information content (AvgIpc) is 3.17. The molecule has 21 heavy (non-hydrogen) atoms. The van der Waals surface area contributed by atoms with Gasteiger partial charge in [-0.25, -0.2) is 4.98 Å². The molecule has 1 saturated heterocycles. The number of piperidine rings is 1. The molecule has 1 fully saturated rings. The first-order valence-corrected chi connectivity index (χ1v) is 8.50. The van der Waals surface area contributed by atoms with E-state index in [1.807, 2.05) is 11.6 Å². The first-order chi connectivity index (χ1) is 10.4. The van der Waals surface area contributed by atoms with E-state index in [-0.39, 0.29) is 0 Å². The molecule has 0 saturated carbocycles. The fourth-order valence-electron chi connectivity index (χ4n) is 3.21. The number of likely N-dealkylation sites (tertiary alicyclic amines) is 1. The molecule has 1 aliphatic heterocycles. The third-order valence-electron chi connectivity index (χ3n) is 4.25. The van der Waals surface area contributed by atoms with Crippen molar-refractivity contribution < 1.29 is 0 Å². The van der Waals surface area contributed by atoms with Crippen molar-refractivity contribution in [3.63, 3.8) is 0 Å². The van der Waals surface area contributed by atoms with Gasteiger partial charge in [0.2, 0.25) is 0 Å². The quantitative estimate of drug-likeness (QED) is 0.722. The maximum atomic E-state index is 4.49. The van der Waals surface area contributed by atoms with Gasteiger partial charge in [-0.3, -0.25) is 4.90 Å². The molecule has 0 bridgehead atoms. The standard InChI is InChI=1S/C17H19N3S/c1-4-9-19(10-5-1)13-20-12-15(17-18-8-11-21-17)14-6-2-3-7-16(14)20/h2-3,6-8,11-12H,1,4-5,9-10,13H2. The van der Waals surface area contributed by atoms with Gasteiger partial charge in [-0.2, -0.15) is 0 Å². The number of nitrogens with zero attached hydrogens (tertiary/aromatic N) is 3. The van der Waals surface area contributed by atoms with E-state index in [0.717, 1.165) is 11.7 Å². The molecular weight excluding hydrogens is 278 g/mol. The van der Waals surface area contributed by atoms with Crippen LogP contribution >= 0.6 is 11.3 Å². The third-order valence-corrected chi connectivity index (χ3v) is 5.06. The Labute approximate surface area is 128 Å². The van der Waals surface area contributed by atoms with Crippen molar-refractivity contribution in [2.45, 2.75) is 25.9 Å². The van der Waals surface area contributed by atoms with Crippen LogP contribution in [0, 0.1) is 0 Å². The van der Waals surface area contributed by atoms with E-state index in [0.29, 0.717) is 0 Å². The minimum Gasteiger partial charge on any atom is -0.333 e. The van der Waals surface area contributed by atoms with Gasteiger partial charge in [0.15, 0.2) is 0 Å². The van der Waals surface area contributed by atoms with Gasteiger partial charge < -0.3 is 4.57 Å². The summed E-state index contributed by atoms with van der Waals surface area (Å²) in [6, 6.07) is 8.67. The second-order valence-corrected chi connectivity index (χ2v) is 6.58. The van der Waals surface area contributed by atoms with Gasteiger partial charge >= 0.3 is 0 Å². The number of aromatic nitrogens is 2. The third kappa shape index (κ3) is 2.49. The molecule has 4 rings (SSSR count). The van der Waals surface area contributed by atoms with E-state index in [9.17, 15) is 0 Å². The number of fused-ring (bicyclic) bond motifs is 1. The van der Waals surface area contributed by atoms with Gasteiger partial charge in [-0.1, -0.05) is 24.6 Å². The summed E-state index contributed by atoms with van der Waals surface area (Å²) in [6.07, 6.45) is 8.21. The van der Waals surface area contributed by atoms with E-state index < -0.39 is 0 Å². The van der Waals surface area contributed by atoms with Crippen LogP contribution in [0.1, 0.15) is 19.3 Å². The van der Waals surface area contributed by atoms with Crippen LogP contribution in [0.15, 0.2) is 42.0 Å². The highest BCUT2D eigenvalue weighted by atomic mass is 32.1. The van der Waals surface area contributed by atoms with Crippen LogP contribution in [0.5, 0.6) is 0 Å². The molecule has 3 heterocycles. The molecule has 0 atom stereocenters. The minimum atomic E-state index is 0.992. The zero-order valence-corrected chi connectivity index (χ0v) is 12.9. The molecule has 0 radical (unpaired) electrons. The Morgan fingerprint density at radius 1 is 1.10 bits per heavy atom. The van der Waals surface area contributed by atoms with Gasteiger partial charge in [-0.15, -0.1) is 11.3 Å². The molecule has 4 heteroatoms. The number of para-hydroxylation sites is 1. The van der Waals surface area contributed by atoms with Crippen molar-refractivity contribution >= 4 is 22.2 Å². The predicted molar refractivity (Wildman–Crippen MR) is 88.5 cm³/mol. The summed E-state index contributed by atoms with van der Waals surface area (Å²) in [6.45, 7) is 3.43. The van der Waals surface area contributed by atoms with E-state index in [1.165, 1.54) is 48.8 Å². The van der Waals surface area contributed by atoms with Crippen LogP contribution < -0.4 is 0 Å². The second-order valence-electron chi connectivity index (χ2n) is 5.69. The number of benzene rings is 1. The lowest BCUT2D eigenvalue weighted by atomic mass is 10.1. The number of hydrogen-bond donors (Lipinski definition) is 0. The maximum absolute atomic E-state index is 4.49. The molecule has 0 spiro atoms. The Morgan fingerprint density at radius 2 is 1.95 bits per heavy atom. The summed E-state index contributed by atoms with van der Waals surface area (Å²) < 4.78 is 2.39. The van der Waals surface area contributed by atoms with E-state index >= 15 is 0 Å². The number of hydrogen-bond acceptors (Lipinski definition) is 3. The molecule has 2 aromatic heterocycles. The summed E-state index contributed by atoms with van der Waals surface area (Å²) in [7, 11) is 0. The smallest absolute Gasteiger partial charge is 0.125 e. The van der Waals surface area contributed by atoms with Crippen molar-refractivity contribution in [2.24, 2.45) is 0 Å². The molecule has 0 amide bonds. The van der Waals surface area contributed by atoms with E-state index in [1.54, 1.807) is 11.3 Å². The average molecular weight is 297 g/mol. The van der Waals surface area contributed by atoms with E-state index in [2.05, 4.69) is 44.9 Å². The highest BCUT2D eigenvalue weighted by Gasteiger charge is 2.15. The molecule has 3 nitrogen and oxygen atoms in total. The van der Waals surface area contributed by atoms with Crippen LogP contribution in [0.4, 0.5) is 0 Å². The lowest BCUT2D eigenvalue weighted by Gasteiger charge is -2.27. The lowest BCUT2D eigenvalue weighted by molar-refractivity contribution is 0.185. The molecular formula is C17H19N3S. The molecule has 1 aromatic carbocycles. The first kappa shape index (κ1) is 13.0. The molecule has 0 aliphatic carbocycles. The lowest BCUT2D eigenvalue weighted by Crippen LogP contribution is -2.31. The van der Waals surface area contributed by atoms with Crippen molar-refractivity contribution in [1.82, 2.24) is 14.5 Å². The summed E-state index contributed by atoms with van der Waals surface area (Å²) in [5.74, 6) is 0. The zero-order chi connectivity index (χ0) is 14.1. The molecule has 0 unspecified atom stereocenters. The Kier molecular flexibility index (Phi) is 3.49. The molecule has 1 aliphatic rings. The fourth-order valence-corrected chi connectivity index (χ4v) is 3.87. The van der Waals surface area contributed by atoms with Gasteiger partial charge in [0, 0.05) is 34.2 Å². The maximum Gasteiger partial charge on any atom is 0.125 e. The fraction of sp³-hybridized carbons (Fsp3) is 0.353. The van der Waals surface area contributed by atoms with Crippen molar-refractivity contribution in [3.8, 4) is 10.6 Å². The topological polar surface area (TPSA) is 21.1 Å². The number of rotatable bonds is 3. The van der Waals surface area contributed by atoms with Crippen molar-refractivity contribution in [1.29, 1.82) is 0 Å². The van der Waals surface area contributed by atoms with Gasteiger partial charge in [0.05, 0.1) is 6.67 Å². The van der Waals surface area contributed by atoms with Gasteiger partial charge in [-0.05, 0) is 32.0 Å². The predicted octanol–water partition coefficient (Wildman–Crippen LogP) is 4.21. The van der Waals surface area contributed by atoms with Crippen LogP contribution in [0.3, 0.4) is 0 Å². The van der Waals surface area contributed by atoms with Gasteiger partial charge in [0.25, 0.3) is 0 Å². The Bertz CT molecular complexity index is 724. The molecule has 0 N–H and O–H groups in total. The summed E-state index contributed by atoms with van der Waals surface area (Å²) in [5, 5.41) is 4.47. The summed E-state index contributed by atoms with van der Waals surface area (Å²) in [4.78, 5) is 7.05. The van der Waals surface area contributed by atoms with Gasteiger partial charge in [0.1, 0.15) is 5.01 Å². The largest absolute Gasteiger partial charge is 0.333 e. The Balaban J connectivity index is 1.75. The molecule has 108 valence electrons.